The molecule has 9 rings (SSSR count). The number of carbonyl (C=O) groups is 4. The topological polar surface area (TPSA) is 236 Å². The largest absolute Gasteiger partial charge is 0.507 e. The molecule has 3 fully saturated rings. The lowest BCUT2D eigenvalue weighted by Gasteiger charge is -2.43. The van der Waals surface area contributed by atoms with E-state index in [-0.39, 0.29) is 70.9 Å². The highest BCUT2D eigenvalue weighted by Gasteiger charge is 2.55. The zero-order chi connectivity index (χ0) is 51.4. The maximum atomic E-state index is 14.2. The average Bonchev–Trinajstić information content (AvgIpc) is 3.76. The highest BCUT2D eigenvalue weighted by molar-refractivity contribution is 6.32. The van der Waals surface area contributed by atoms with Gasteiger partial charge in [0.2, 0.25) is 5.78 Å². The lowest BCUT2D eigenvalue weighted by molar-refractivity contribution is -0.256. The number of aromatic hydroxyl groups is 2. The van der Waals surface area contributed by atoms with Crippen LogP contribution in [0.1, 0.15) is 83.5 Å². The number of ether oxygens (including phenoxy) is 8. The van der Waals surface area contributed by atoms with Crippen molar-refractivity contribution in [3.63, 3.8) is 0 Å². The Bertz CT molecular complexity index is 2770. The summed E-state index contributed by atoms with van der Waals surface area (Å²) < 4.78 is 47.5. The molecule has 0 radical (unpaired) electrons. The van der Waals surface area contributed by atoms with Crippen molar-refractivity contribution in [2.75, 3.05) is 61.2 Å². The summed E-state index contributed by atoms with van der Waals surface area (Å²) in [6.45, 7) is 5.42. The van der Waals surface area contributed by atoms with Crippen LogP contribution in [0.3, 0.4) is 0 Å². The van der Waals surface area contributed by atoms with Crippen molar-refractivity contribution in [3.8, 4) is 28.4 Å². The van der Waals surface area contributed by atoms with Gasteiger partial charge >= 0.3 is 12.2 Å². The summed E-state index contributed by atoms with van der Waals surface area (Å²) in [4.78, 5) is 59.6. The van der Waals surface area contributed by atoms with Gasteiger partial charge in [-0.25, -0.2) is 9.59 Å². The van der Waals surface area contributed by atoms with Crippen molar-refractivity contribution < 1.29 is 72.4 Å². The van der Waals surface area contributed by atoms with E-state index in [4.69, 9.17) is 37.9 Å². The van der Waals surface area contributed by atoms with Crippen LogP contribution in [0.25, 0.3) is 11.1 Å². The van der Waals surface area contributed by atoms with Crippen LogP contribution in [-0.4, -0.2) is 163 Å². The first kappa shape index (κ1) is 50.5. The Labute approximate surface area is 416 Å². The number of rotatable bonds is 13. The van der Waals surface area contributed by atoms with E-state index in [2.05, 4.69) is 4.90 Å². The molecule has 0 spiro atoms. The van der Waals surface area contributed by atoms with Gasteiger partial charge in [0.15, 0.2) is 31.2 Å². The molecule has 4 aromatic carbocycles. The van der Waals surface area contributed by atoms with Crippen LogP contribution in [0.4, 0.5) is 9.59 Å². The molecule has 0 bridgehead atoms. The number of fused-ring (bicyclic) bond motifs is 6. The molecule has 3 aliphatic heterocycles. The van der Waals surface area contributed by atoms with Crippen molar-refractivity contribution in [2.24, 2.45) is 0 Å². The van der Waals surface area contributed by atoms with Crippen molar-refractivity contribution >= 4 is 29.5 Å². The highest BCUT2D eigenvalue weighted by Crippen LogP contribution is 2.53. The summed E-state index contributed by atoms with van der Waals surface area (Å²) in [7, 11) is 5.87. The molecule has 5 aliphatic rings. The monoisotopic (exact) mass is 992 g/mol. The number of benzene rings is 4. The van der Waals surface area contributed by atoms with Gasteiger partial charge in [-0.3, -0.25) is 19.9 Å². The predicted octanol–water partition coefficient (Wildman–Crippen LogP) is 5.64. The first-order chi connectivity index (χ1) is 34.3. The van der Waals surface area contributed by atoms with E-state index in [1.165, 1.54) is 39.3 Å². The Morgan fingerprint density at radius 3 is 2.28 bits per heavy atom. The minimum Gasteiger partial charge on any atom is -0.507 e. The Balaban J connectivity index is 0.903. The lowest BCUT2D eigenvalue weighted by atomic mass is 9.71. The van der Waals surface area contributed by atoms with Gasteiger partial charge in [0.1, 0.15) is 34.6 Å². The average molecular weight is 993 g/mol. The second kappa shape index (κ2) is 19.9. The number of aliphatic hydroxyl groups is 1. The van der Waals surface area contributed by atoms with E-state index < -0.39 is 102 Å². The molecular weight excluding hydrogens is 933 g/mol. The molecule has 0 unspecified atom stereocenters. The smallest absolute Gasteiger partial charge is 0.410 e. The molecule has 4 N–H and O–H groups in total. The summed E-state index contributed by atoms with van der Waals surface area (Å²) in [6.07, 6.45) is -6.91. The Kier molecular flexibility index (Phi) is 13.9. The molecule has 72 heavy (non-hydrogen) atoms. The highest BCUT2D eigenvalue weighted by atomic mass is 16.7. The molecule has 3 heterocycles. The van der Waals surface area contributed by atoms with Crippen LogP contribution in [0, 0.1) is 5.41 Å². The Morgan fingerprint density at radius 1 is 0.889 bits per heavy atom. The number of phenols is 2. The second-order valence-corrected chi connectivity index (χ2v) is 19.4. The standard InChI is InChI=1S/C53H60N4O15/c1-28-47-34(57-22-23-67-49(66-7)48(57)71-47)24-38(69-28)70-36-26-53(64,25-33-40(36)46(61)41-42(45(33)60)44(59)32-14-11-15-35(65-6)39(32)43(41)54)37(58)27-68-50(62)55(4)20-21-56(5)51(63)72-52(2,3)31-18-16-30(17-19-31)29-12-9-8-10-13-29/h8-19,28,34,36,38,47-49,54,60-61,64H,20-27H2,1-7H3/t28-,34-,36-,38-,47+,48+,49-,53-/m0/s1. The third kappa shape index (κ3) is 9.18. The molecule has 3 saturated heterocycles. The fourth-order valence-corrected chi connectivity index (χ4v) is 10.5. The molecule has 0 aromatic heterocycles. The first-order valence-electron chi connectivity index (χ1n) is 23.9. The number of methoxy groups -OCH3 is 2. The van der Waals surface area contributed by atoms with E-state index in [1.54, 1.807) is 26.0 Å². The minimum absolute atomic E-state index is 0.0152. The zero-order valence-electron chi connectivity index (χ0n) is 41.2. The molecule has 19 nitrogen and oxygen atoms in total. The van der Waals surface area contributed by atoms with Gasteiger partial charge in [-0.1, -0.05) is 66.7 Å². The fourth-order valence-electron chi connectivity index (χ4n) is 10.5. The quantitative estimate of drug-likeness (QED) is 0.104. The van der Waals surface area contributed by atoms with Crippen LogP contribution < -0.4 is 4.74 Å². The maximum absolute atomic E-state index is 14.2. The number of Topliss-reactive ketones (excluding diaryl/α,β-unsaturated/α-hetero) is 1. The normalized spacial score (nSPS) is 25.5. The number of hydrogen-bond acceptors (Lipinski definition) is 17. The fraction of sp³-hybridized carbons (Fsp3) is 0.453. The van der Waals surface area contributed by atoms with Gasteiger partial charge in [-0.15, -0.1) is 0 Å². The van der Waals surface area contributed by atoms with Gasteiger partial charge in [0.25, 0.3) is 0 Å². The number of morpholine rings is 1. The zero-order valence-corrected chi connectivity index (χ0v) is 41.2. The van der Waals surface area contributed by atoms with E-state index in [0.29, 0.717) is 13.2 Å². The SMILES string of the molecule is COc1cccc2c1C(=N)c1c(O)c3c(c(O)c1C2=O)C[C@@](O)(C(=O)COC(=O)N(C)CCN(C)C(=O)OC(C)(C)c1ccc(-c2ccccc2)cc1)C[C@@H]3O[C@H]1C[C@H]2[C@H](O[C@@H]3[C@@H](OC)OCCN32)[C@H](C)O1. The number of nitrogens with zero attached hydrogens (tertiary/aromatic N) is 3. The Morgan fingerprint density at radius 2 is 1.58 bits per heavy atom. The predicted molar refractivity (Wildman–Crippen MR) is 257 cm³/mol. The van der Waals surface area contributed by atoms with Crippen molar-refractivity contribution in [2.45, 2.75) is 94.4 Å². The van der Waals surface area contributed by atoms with Crippen LogP contribution in [0.5, 0.6) is 17.2 Å². The summed E-state index contributed by atoms with van der Waals surface area (Å²) in [5.74, 6) is -2.70. The second-order valence-electron chi connectivity index (χ2n) is 19.4. The molecule has 19 heteroatoms. The van der Waals surface area contributed by atoms with Gasteiger partial charge < -0.3 is 63.0 Å². The van der Waals surface area contributed by atoms with Gasteiger partial charge in [-0.05, 0) is 43.5 Å². The number of phenolic OH excluding ortho intramolecular Hbond substituents is 2. The number of likely N-dealkylation sites (N-methyl/N-ethyl adjacent to an activating group) is 2. The molecule has 0 saturated carbocycles. The molecule has 8 atom stereocenters. The van der Waals surface area contributed by atoms with Gasteiger partial charge in [0, 0.05) is 82.8 Å². The molecule has 4 aromatic rings. The number of amides is 2. The number of ketones is 2. The van der Waals surface area contributed by atoms with Gasteiger partial charge in [-0.2, -0.15) is 0 Å². The molecular formula is C53H60N4O15. The summed E-state index contributed by atoms with van der Waals surface area (Å²) in [5, 5.41) is 45.9. The molecule has 2 aliphatic carbocycles. The lowest BCUT2D eigenvalue weighted by Crippen LogP contribution is -2.55. The summed E-state index contributed by atoms with van der Waals surface area (Å²) in [6, 6.07) is 22.0. The van der Waals surface area contributed by atoms with Crippen molar-refractivity contribution in [1.29, 1.82) is 5.41 Å². The van der Waals surface area contributed by atoms with Crippen LogP contribution in [0.2, 0.25) is 0 Å². The summed E-state index contributed by atoms with van der Waals surface area (Å²) in [5.41, 5.74) is -1.54. The number of hydrogen-bond donors (Lipinski definition) is 4. The van der Waals surface area contributed by atoms with Gasteiger partial charge in [0.05, 0.1) is 48.3 Å². The third-order valence-electron chi connectivity index (χ3n) is 14.5. The number of carbonyl (C=O) groups excluding carboxylic acids is 4. The maximum Gasteiger partial charge on any atom is 0.410 e. The first-order valence-corrected chi connectivity index (χ1v) is 23.9. The van der Waals surface area contributed by atoms with Crippen LogP contribution in [0.15, 0.2) is 72.8 Å². The minimum atomic E-state index is -2.39. The van der Waals surface area contributed by atoms with Crippen molar-refractivity contribution in [1.82, 2.24) is 14.7 Å². The van der Waals surface area contributed by atoms with Crippen molar-refractivity contribution in [3.05, 3.63) is 112 Å². The molecule has 382 valence electrons. The van der Waals surface area contributed by atoms with E-state index in [0.717, 1.165) is 21.6 Å². The molecule has 2 amide bonds. The van der Waals surface area contributed by atoms with Crippen LogP contribution in [-0.2, 0) is 50.0 Å². The third-order valence-corrected chi connectivity index (χ3v) is 14.5. The summed E-state index contributed by atoms with van der Waals surface area (Å²) >= 11 is 0. The number of nitrogens with one attached hydrogen (secondary N) is 1. The Hall–Kier alpha value is -6.45. The van der Waals surface area contributed by atoms with E-state index in [1.807, 2.05) is 61.5 Å². The van der Waals surface area contributed by atoms with Crippen LogP contribution >= 0.6 is 0 Å². The van der Waals surface area contributed by atoms with E-state index in [9.17, 15) is 39.9 Å². The van der Waals surface area contributed by atoms with E-state index >= 15 is 0 Å².